The second-order valence-electron chi connectivity index (χ2n) is 9.16. The van der Waals surface area contributed by atoms with E-state index in [0.717, 1.165) is 12.1 Å². The number of benzene rings is 2. The number of sulfonamides is 1. The minimum Gasteiger partial charge on any atom is -0.355 e. The zero-order valence-corrected chi connectivity index (χ0v) is 19.6. The molecule has 5 rings (SSSR count). The Bertz CT molecular complexity index is 1150. The lowest BCUT2D eigenvalue weighted by Gasteiger charge is -2.32. The van der Waals surface area contributed by atoms with Gasteiger partial charge in [-0.25, -0.2) is 0 Å². The fourth-order valence-corrected chi connectivity index (χ4v) is 6.19. The number of carbonyl (C=O) groups is 1. The third-order valence-corrected chi connectivity index (χ3v) is 8.20. The number of hydrogen-bond acceptors (Lipinski definition) is 5. The molecule has 174 valence electrons. The molecule has 1 amide bonds. The smallest absolute Gasteiger partial charge is 0.285 e. The van der Waals surface area contributed by atoms with Crippen LogP contribution < -0.4 is 5.32 Å². The fourth-order valence-electron chi connectivity index (χ4n) is 4.97. The molecule has 0 unspecified atom stereocenters. The first-order chi connectivity index (χ1) is 16.0. The Morgan fingerprint density at radius 3 is 2.33 bits per heavy atom. The predicted molar refractivity (Wildman–Crippen MR) is 127 cm³/mol. The molecule has 0 bridgehead atoms. The number of amidine groups is 1. The fraction of sp³-hybridized carbons (Fsp3) is 0.440. The summed E-state index contributed by atoms with van der Waals surface area (Å²) in [4.78, 5) is 17.5. The number of amides is 1. The van der Waals surface area contributed by atoms with E-state index in [2.05, 4.69) is 38.9 Å². The number of carbonyl (C=O) groups excluding carboxylic acids is 1. The standard InChI is InChI=1S/C25H30N4O3S/c30-25(26-17-19-7-9-20(10-8-19)18-28-13-3-4-14-28)21-11-15-29(16-12-21)24-22-5-1-2-6-23(22)33(31,32)27-24/h1-2,5-10,21H,3-4,11-18H2,(H,26,30). The first kappa shape index (κ1) is 22.1. The van der Waals surface area contributed by atoms with Crippen LogP contribution >= 0.6 is 0 Å². The Labute approximate surface area is 195 Å². The van der Waals surface area contributed by atoms with Crippen molar-refractivity contribution in [1.82, 2.24) is 15.1 Å². The Balaban J connectivity index is 1.12. The maximum absolute atomic E-state index is 12.7. The van der Waals surface area contributed by atoms with Crippen LogP contribution in [0.2, 0.25) is 0 Å². The Kier molecular flexibility index (Phi) is 6.21. The summed E-state index contributed by atoms with van der Waals surface area (Å²) in [5, 5.41) is 3.08. The van der Waals surface area contributed by atoms with Crippen molar-refractivity contribution in [3.63, 3.8) is 0 Å². The highest BCUT2D eigenvalue weighted by Crippen LogP contribution is 2.29. The maximum Gasteiger partial charge on any atom is 0.285 e. The molecule has 0 radical (unpaired) electrons. The van der Waals surface area contributed by atoms with Gasteiger partial charge in [-0.1, -0.05) is 36.4 Å². The minimum atomic E-state index is -3.62. The van der Waals surface area contributed by atoms with Gasteiger partial charge in [-0.2, -0.15) is 8.42 Å². The molecule has 2 aromatic rings. The monoisotopic (exact) mass is 466 g/mol. The van der Waals surface area contributed by atoms with Crippen LogP contribution in [0, 0.1) is 5.92 Å². The van der Waals surface area contributed by atoms with Crippen molar-refractivity contribution in [2.75, 3.05) is 26.2 Å². The topological polar surface area (TPSA) is 82.1 Å². The molecular weight excluding hydrogens is 436 g/mol. The zero-order valence-electron chi connectivity index (χ0n) is 18.7. The second-order valence-corrected chi connectivity index (χ2v) is 10.7. The number of piperidine rings is 1. The molecule has 3 aliphatic rings. The summed E-state index contributed by atoms with van der Waals surface area (Å²) in [6.45, 7) is 5.14. The van der Waals surface area contributed by atoms with Crippen molar-refractivity contribution in [2.24, 2.45) is 10.3 Å². The average molecular weight is 467 g/mol. The second kappa shape index (κ2) is 9.27. The van der Waals surface area contributed by atoms with Crippen LogP contribution in [0.3, 0.4) is 0 Å². The van der Waals surface area contributed by atoms with Crippen molar-refractivity contribution in [1.29, 1.82) is 0 Å². The number of nitrogens with zero attached hydrogens (tertiary/aromatic N) is 3. The normalized spacial score (nSPS) is 20.5. The zero-order chi connectivity index (χ0) is 22.8. The molecule has 2 saturated heterocycles. The van der Waals surface area contributed by atoms with Gasteiger partial charge in [-0.05, 0) is 62.0 Å². The first-order valence-electron chi connectivity index (χ1n) is 11.8. The first-order valence-corrected chi connectivity index (χ1v) is 13.2. The molecule has 8 heteroatoms. The van der Waals surface area contributed by atoms with E-state index in [1.165, 1.54) is 31.5 Å². The van der Waals surface area contributed by atoms with E-state index in [1.54, 1.807) is 18.2 Å². The number of hydrogen-bond donors (Lipinski definition) is 1. The molecule has 1 N–H and O–H groups in total. The van der Waals surface area contributed by atoms with Gasteiger partial charge in [-0.3, -0.25) is 9.69 Å². The van der Waals surface area contributed by atoms with Gasteiger partial charge >= 0.3 is 0 Å². The molecule has 3 heterocycles. The van der Waals surface area contributed by atoms with E-state index in [9.17, 15) is 13.2 Å². The predicted octanol–water partition coefficient (Wildman–Crippen LogP) is 2.76. The Morgan fingerprint density at radius 1 is 0.939 bits per heavy atom. The lowest BCUT2D eigenvalue weighted by molar-refractivity contribution is -0.126. The third-order valence-electron chi connectivity index (χ3n) is 6.87. The number of rotatable bonds is 5. The van der Waals surface area contributed by atoms with Crippen LogP contribution in [0.4, 0.5) is 0 Å². The van der Waals surface area contributed by atoms with E-state index in [1.807, 2.05) is 11.0 Å². The van der Waals surface area contributed by atoms with Crippen molar-refractivity contribution >= 4 is 21.8 Å². The van der Waals surface area contributed by atoms with Crippen molar-refractivity contribution in [3.8, 4) is 0 Å². The summed E-state index contributed by atoms with van der Waals surface area (Å²) in [5.41, 5.74) is 3.08. The van der Waals surface area contributed by atoms with E-state index < -0.39 is 10.0 Å². The molecule has 0 spiro atoms. The van der Waals surface area contributed by atoms with Crippen LogP contribution in [-0.4, -0.2) is 56.1 Å². The van der Waals surface area contributed by atoms with E-state index >= 15 is 0 Å². The number of likely N-dealkylation sites (tertiary alicyclic amines) is 2. The minimum absolute atomic E-state index is 0.0652. The summed E-state index contributed by atoms with van der Waals surface area (Å²) in [6.07, 6.45) is 3.96. The van der Waals surface area contributed by atoms with Gasteiger partial charge in [0.15, 0.2) is 5.84 Å². The SMILES string of the molecule is O=C(NCc1ccc(CN2CCCC2)cc1)C1CCN(C2=NS(=O)(=O)c3ccccc32)CC1. The van der Waals surface area contributed by atoms with E-state index in [0.29, 0.717) is 43.9 Å². The highest BCUT2D eigenvalue weighted by atomic mass is 32.2. The van der Waals surface area contributed by atoms with Crippen LogP contribution in [0.5, 0.6) is 0 Å². The van der Waals surface area contributed by atoms with Gasteiger partial charge in [0.05, 0.1) is 0 Å². The van der Waals surface area contributed by atoms with Gasteiger partial charge in [0.1, 0.15) is 4.90 Å². The summed E-state index contributed by atoms with van der Waals surface area (Å²) in [5.74, 6) is 0.514. The van der Waals surface area contributed by atoms with Gasteiger partial charge in [0, 0.05) is 37.7 Å². The van der Waals surface area contributed by atoms with E-state index in [4.69, 9.17) is 0 Å². The van der Waals surface area contributed by atoms with Gasteiger partial charge < -0.3 is 10.2 Å². The van der Waals surface area contributed by atoms with Gasteiger partial charge in [-0.15, -0.1) is 4.40 Å². The maximum atomic E-state index is 12.7. The molecule has 0 saturated carbocycles. The lowest BCUT2D eigenvalue weighted by Crippen LogP contribution is -2.42. The quantitative estimate of drug-likeness (QED) is 0.733. The summed E-state index contributed by atoms with van der Waals surface area (Å²) < 4.78 is 28.7. The largest absolute Gasteiger partial charge is 0.355 e. The van der Waals surface area contributed by atoms with Gasteiger partial charge in [0.2, 0.25) is 5.91 Å². The number of fused-ring (bicyclic) bond motifs is 1. The Morgan fingerprint density at radius 2 is 1.61 bits per heavy atom. The molecule has 0 aromatic heterocycles. The van der Waals surface area contributed by atoms with Crippen LogP contribution in [-0.2, 0) is 27.9 Å². The lowest BCUT2D eigenvalue weighted by atomic mass is 9.95. The average Bonchev–Trinajstić information content (AvgIpc) is 3.44. The van der Waals surface area contributed by atoms with E-state index in [-0.39, 0.29) is 16.7 Å². The van der Waals surface area contributed by atoms with Crippen molar-refractivity contribution in [2.45, 2.75) is 43.7 Å². The summed E-state index contributed by atoms with van der Waals surface area (Å²) >= 11 is 0. The third kappa shape index (κ3) is 4.82. The van der Waals surface area contributed by atoms with Crippen LogP contribution in [0.15, 0.2) is 57.8 Å². The molecule has 2 aromatic carbocycles. The molecule has 0 atom stereocenters. The summed E-state index contributed by atoms with van der Waals surface area (Å²) in [7, 11) is -3.62. The van der Waals surface area contributed by atoms with Gasteiger partial charge in [0.25, 0.3) is 10.0 Å². The summed E-state index contributed by atoms with van der Waals surface area (Å²) in [6, 6.07) is 15.5. The van der Waals surface area contributed by atoms with Crippen molar-refractivity contribution in [3.05, 3.63) is 65.2 Å². The molecule has 33 heavy (non-hydrogen) atoms. The number of nitrogens with one attached hydrogen (secondary N) is 1. The Hall–Kier alpha value is -2.71. The highest BCUT2D eigenvalue weighted by Gasteiger charge is 2.34. The molecular formula is C25H30N4O3S. The molecule has 7 nitrogen and oxygen atoms in total. The van der Waals surface area contributed by atoms with Crippen LogP contribution in [0.1, 0.15) is 42.4 Å². The van der Waals surface area contributed by atoms with Crippen molar-refractivity contribution < 1.29 is 13.2 Å². The van der Waals surface area contributed by atoms with Crippen LogP contribution in [0.25, 0.3) is 0 Å². The molecule has 3 aliphatic heterocycles. The highest BCUT2D eigenvalue weighted by molar-refractivity contribution is 7.90. The molecule has 2 fully saturated rings. The molecule has 0 aliphatic carbocycles.